The molecule has 0 spiro atoms. The molecular weight excluding hydrogens is 158 g/mol. The summed E-state index contributed by atoms with van der Waals surface area (Å²) in [5.74, 6) is 0. The SMILES string of the molecule is CCNc1cc(C)c(CC)c(C)c1. The molecule has 1 heteroatoms. The van der Waals surface area contributed by atoms with Crippen molar-refractivity contribution < 1.29 is 0 Å². The fourth-order valence-electron chi connectivity index (χ4n) is 1.86. The van der Waals surface area contributed by atoms with Crippen LogP contribution in [0.5, 0.6) is 0 Å². The van der Waals surface area contributed by atoms with Crippen LogP contribution in [0.25, 0.3) is 0 Å². The van der Waals surface area contributed by atoms with Crippen LogP contribution in [0, 0.1) is 13.8 Å². The third kappa shape index (κ3) is 2.24. The van der Waals surface area contributed by atoms with Crippen LogP contribution in [0.3, 0.4) is 0 Å². The first-order chi connectivity index (χ1) is 6.19. The Morgan fingerprint density at radius 1 is 1.08 bits per heavy atom. The number of anilines is 1. The van der Waals surface area contributed by atoms with Crippen LogP contribution in [0.15, 0.2) is 12.1 Å². The molecule has 0 radical (unpaired) electrons. The summed E-state index contributed by atoms with van der Waals surface area (Å²) in [5, 5.41) is 3.34. The van der Waals surface area contributed by atoms with Gasteiger partial charge in [0.05, 0.1) is 0 Å². The van der Waals surface area contributed by atoms with Gasteiger partial charge in [0.25, 0.3) is 0 Å². The number of aryl methyl sites for hydroxylation is 2. The molecule has 0 fully saturated rings. The van der Waals surface area contributed by atoms with Crippen LogP contribution in [-0.4, -0.2) is 6.54 Å². The Morgan fingerprint density at radius 3 is 2.00 bits per heavy atom. The molecule has 1 N–H and O–H groups in total. The van der Waals surface area contributed by atoms with Gasteiger partial charge in [0.1, 0.15) is 0 Å². The summed E-state index contributed by atoms with van der Waals surface area (Å²) in [4.78, 5) is 0. The molecule has 1 aromatic rings. The third-order valence-electron chi connectivity index (χ3n) is 2.43. The van der Waals surface area contributed by atoms with Gasteiger partial charge in [-0.25, -0.2) is 0 Å². The molecule has 0 saturated carbocycles. The Labute approximate surface area is 81.2 Å². The van der Waals surface area contributed by atoms with Crippen LogP contribution in [0.1, 0.15) is 30.5 Å². The van der Waals surface area contributed by atoms with E-state index in [1.807, 2.05) is 0 Å². The van der Waals surface area contributed by atoms with Gasteiger partial charge in [-0.3, -0.25) is 0 Å². The molecule has 0 aliphatic rings. The number of hydrogen-bond acceptors (Lipinski definition) is 1. The maximum Gasteiger partial charge on any atom is 0.0345 e. The number of rotatable bonds is 3. The van der Waals surface area contributed by atoms with Gasteiger partial charge in [0, 0.05) is 12.2 Å². The second-order valence-corrected chi connectivity index (χ2v) is 3.47. The number of benzene rings is 1. The van der Waals surface area contributed by atoms with Gasteiger partial charge in [-0.1, -0.05) is 6.92 Å². The van der Waals surface area contributed by atoms with E-state index in [9.17, 15) is 0 Å². The number of nitrogens with one attached hydrogen (secondary N) is 1. The monoisotopic (exact) mass is 177 g/mol. The van der Waals surface area contributed by atoms with Crippen LogP contribution in [0.4, 0.5) is 5.69 Å². The summed E-state index contributed by atoms with van der Waals surface area (Å²) in [6, 6.07) is 4.46. The summed E-state index contributed by atoms with van der Waals surface area (Å²) in [6.45, 7) is 9.70. The van der Waals surface area contributed by atoms with Crippen molar-refractivity contribution in [3.8, 4) is 0 Å². The van der Waals surface area contributed by atoms with Crippen molar-refractivity contribution in [3.63, 3.8) is 0 Å². The minimum absolute atomic E-state index is 0.990. The molecule has 0 aromatic heterocycles. The van der Waals surface area contributed by atoms with E-state index in [2.05, 4.69) is 45.1 Å². The predicted molar refractivity (Wildman–Crippen MR) is 59.5 cm³/mol. The lowest BCUT2D eigenvalue weighted by Crippen LogP contribution is -1.99. The average molecular weight is 177 g/mol. The topological polar surface area (TPSA) is 12.0 Å². The highest BCUT2D eigenvalue weighted by atomic mass is 14.8. The van der Waals surface area contributed by atoms with Crippen molar-refractivity contribution in [1.82, 2.24) is 0 Å². The fraction of sp³-hybridized carbons (Fsp3) is 0.500. The molecule has 13 heavy (non-hydrogen) atoms. The zero-order valence-electron chi connectivity index (χ0n) is 9.07. The van der Waals surface area contributed by atoms with Gasteiger partial charge in [-0.05, 0) is 56.0 Å². The van der Waals surface area contributed by atoms with E-state index < -0.39 is 0 Å². The van der Waals surface area contributed by atoms with Crippen molar-refractivity contribution in [2.24, 2.45) is 0 Å². The standard InChI is InChI=1S/C12H19N/c1-5-12-9(3)7-11(13-6-2)8-10(12)4/h7-8,13H,5-6H2,1-4H3. The highest BCUT2D eigenvalue weighted by molar-refractivity contribution is 5.52. The minimum Gasteiger partial charge on any atom is -0.385 e. The Kier molecular flexibility index (Phi) is 3.35. The van der Waals surface area contributed by atoms with Crippen molar-refractivity contribution >= 4 is 5.69 Å². The van der Waals surface area contributed by atoms with Crippen LogP contribution in [0.2, 0.25) is 0 Å². The molecular formula is C12H19N. The van der Waals surface area contributed by atoms with E-state index in [0.717, 1.165) is 13.0 Å². The lowest BCUT2D eigenvalue weighted by molar-refractivity contribution is 1.08. The molecule has 0 aliphatic heterocycles. The van der Waals surface area contributed by atoms with Gasteiger partial charge < -0.3 is 5.32 Å². The molecule has 0 heterocycles. The average Bonchev–Trinajstić information content (AvgIpc) is 2.04. The van der Waals surface area contributed by atoms with E-state index in [0.29, 0.717) is 0 Å². The highest BCUT2D eigenvalue weighted by Gasteiger charge is 2.01. The molecule has 1 nitrogen and oxygen atoms in total. The predicted octanol–water partition coefficient (Wildman–Crippen LogP) is 3.30. The Balaban J connectivity index is 3.05. The molecule has 0 saturated heterocycles. The zero-order chi connectivity index (χ0) is 9.84. The summed E-state index contributed by atoms with van der Waals surface area (Å²) in [6.07, 6.45) is 1.13. The normalized spacial score (nSPS) is 10.2. The fourth-order valence-corrected chi connectivity index (χ4v) is 1.86. The lowest BCUT2D eigenvalue weighted by Gasteiger charge is -2.11. The van der Waals surface area contributed by atoms with Gasteiger partial charge in [0.15, 0.2) is 0 Å². The van der Waals surface area contributed by atoms with Crippen LogP contribution < -0.4 is 5.32 Å². The van der Waals surface area contributed by atoms with Crippen molar-refractivity contribution in [2.45, 2.75) is 34.1 Å². The molecule has 0 unspecified atom stereocenters. The van der Waals surface area contributed by atoms with Crippen LogP contribution >= 0.6 is 0 Å². The van der Waals surface area contributed by atoms with Gasteiger partial charge in [0.2, 0.25) is 0 Å². The quantitative estimate of drug-likeness (QED) is 0.747. The maximum atomic E-state index is 3.34. The number of hydrogen-bond donors (Lipinski definition) is 1. The lowest BCUT2D eigenvalue weighted by atomic mass is 10.00. The first kappa shape index (κ1) is 10.1. The second kappa shape index (κ2) is 4.31. The van der Waals surface area contributed by atoms with E-state index in [-0.39, 0.29) is 0 Å². The van der Waals surface area contributed by atoms with E-state index >= 15 is 0 Å². The molecule has 0 bridgehead atoms. The molecule has 1 rings (SSSR count). The van der Waals surface area contributed by atoms with Crippen LogP contribution in [-0.2, 0) is 6.42 Å². The minimum atomic E-state index is 0.990. The summed E-state index contributed by atoms with van der Waals surface area (Å²) in [7, 11) is 0. The first-order valence-corrected chi connectivity index (χ1v) is 5.03. The van der Waals surface area contributed by atoms with E-state index in [4.69, 9.17) is 0 Å². The zero-order valence-corrected chi connectivity index (χ0v) is 9.07. The summed E-state index contributed by atoms with van der Waals surface area (Å²) in [5.41, 5.74) is 5.54. The smallest absolute Gasteiger partial charge is 0.0345 e. The highest BCUT2D eigenvalue weighted by Crippen LogP contribution is 2.20. The van der Waals surface area contributed by atoms with E-state index in [1.165, 1.54) is 22.4 Å². The van der Waals surface area contributed by atoms with Gasteiger partial charge in [-0.2, -0.15) is 0 Å². The molecule has 0 aliphatic carbocycles. The largest absolute Gasteiger partial charge is 0.385 e. The Hall–Kier alpha value is -0.980. The van der Waals surface area contributed by atoms with Crippen molar-refractivity contribution in [1.29, 1.82) is 0 Å². The second-order valence-electron chi connectivity index (χ2n) is 3.47. The Morgan fingerprint density at radius 2 is 1.62 bits per heavy atom. The maximum absolute atomic E-state index is 3.34. The molecule has 1 aromatic carbocycles. The van der Waals surface area contributed by atoms with E-state index in [1.54, 1.807) is 0 Å². The Bertz CT molecular complexity index is 266. The third-order valence-corrected chi connectivity index (χ3v) is 2.43. The molecule has 72 valence electrons. The first-order valence-electron chi connectivity index (χ1n) is 5.03. The molecule has 0 atom stereocenters. The summed E-state index contributed by atoms with van der Waals surface area (Å²) < 4.78 is 0. The summed E-state index contributed by atoms with van der Waals surface area (Å²) >= 11 is 0. The molecule has 0 amide bonds. The van der Waals surface area contributed by atoms with Gasteiger partial charge in [-0.15, -0.1) is 0 Å². The van der Waals surface area contributed by atoms with Gasteiger partial charge >= 0.3 is 0 Å². The van der Waals surface area contributed by atoms with Crippen molar-refractivity contribution in [3.05, 3.63) is 28.8 Å². The van der Waals surface area contributed by atoms with Crippen molar-refractivity contribution in [2.75, 3.05) is 11.9 Å².